The molecule has 1 saturated carbocycles. The molecule has 38 heavy (non-hydrogen) atoms. The summed E-state index contributed by atoms with van der Waals surface area (Å²) in [4.78, 5) is 56.4. The number of allylic oxidation sites excluding steroid dienone is 1. The summed E-state index contributed by atoms with van der Waals surface area (Å²) in [6.07, 6.45) is 2.53. The average Bonchev–Trinajstić information content (AvgIpc) is 3.36. The normalized spacial score (nSPS) is 27.4. The number of carbonyl (C=O) groups is 4. The van der Waals surface area contributed by atoms with Gasteiger partial charge >= 0.3 is 0 Å². The van der Waals surface area contributed by atoms with Crippen LogP contribution in [-0.4, -0.2) is 87.6 Å². The number of fused-ring (bicyclic) bond motifs is 3. The summed E-state index contributed by atoms with van der Waals surface area (Å²) in [5.74, 6) is -6.37. The van der Waals surface area contributed by atoms with E-state index in [1.54, 1.807) is 18.0 Å². The average molecular weight is 524 g/mol. The first-order chi connectivity index (χ1) is 18.1. The number of likely N-dealkylation sites (N-methyl/N-ethyl adjacent to an activating group) is 1. The Morgan fingerprint density at radius 2 is 1.79 bits per heavy atom. The Morgan fingerprint density at radius 3 is 2.42 bits per heavy atom. The van der Waals surface area contributed by atoms with Gasteiger partial charge in [-0.1, -0.05) is 6.92 Å². The number of likely N-dealkylation sites (tertiary alicyclic amines) is 1. The third kappa shape index (κ3) is 3.94. The molecule has 4 atom stereocenters. The lowest BCUT2D eigenvalue weighted by Gasteiger charge is -2.46. The SMILES string of the molecule is CCN(C)[C@@H]1C(O)=C(C(N)=O)C(=O)C2C(=O)C3=C(O)c4c(O)ccc(C(=O)CN5CCCC5)c4CC3CC21. The van der Waals surface area contributed by atoms with E-state index < -0.39 is 58.4 Å². The monoisotopic (exact) mass is 523 g/mol. The van der Waals surface area contributed by atoms with Crippen LogP contribution in [0.1, 0.15) is 47.7 Å². The van der Waals surface area contributed by atoms with Crippen LogP contribution in [0.15, 0.2) is 29.0 Å². The highest BCUT2D eigenvalue weighted by molar-refractivity contribution is 6.28. The first kappa shape index (κ1) is 26.1. The Morgan fingerprint density at radius 1 is 1.11 bits per heavy atom. The number of aromatic hydroxyl groups is 1. The maximum absolute atomic E-state index is 13.8. The van der Waals surface area contributed by atoms with Crippen LogP contribution >= 0.6 is 0 Å². The Hall–Kier alpha value is -3.50. The van der Waals surface area contributed by atoms with E-state index in [1.807, 2.05) is 6.92 Å². The second-order valence-electron chi connectivity index (χ2n) is 10.8. The third-order valence-corrected chi connectivity index (χ3v) is 8.73. The molecule has 1 aromatic carbocycles. The number of carbonyl (C=O) groups excluding carboxylic acids is 4. The van der Waals surface area contributed by atoms with E-state index in [1.165, 1.54) is 6.07 Å². The van der Waals surface area contributed by atoms with Crippen molar-refractivity contribution in [3.05, 3.63) is 45.7 Å². The summed E-state index contributed by atoms with van der Waals surface area (Å²) < 4.78 is 0. The minimum Gasteiger partial charge on any atom is -0.510 e. The van der Waals surface area contributed by atoms with Crippen molar-refractivity contribution < 1.29 is 34.5 Å². The molecule has 0 spiro atoms. The van der Waals surface area contributed by atoms with E-state index >= 15 is 0 Å². The Bertz CT molecular complexity index is 1310. The highest BCUT2D eigenvalue weighted by Gasteiger charge is 2.56. The highest BCUT2D eigenvalue weighted by atomic mass is 16.3. The molecule has 1 saturated heterocycles. The zero-order valence-electron chi connectivity index (χ0n) is 21.6. The lowest BCUT2D eigenvalue weighted by Crippen LogP contribution is -2.56. The van der Waals surface area contributed by atoms with Crippen molar-refractivity contribution in [3.8, 4) is 5.75 Å². The van der Waals surface area contributed by atoms with Crippen LogP contribution in [0.5, 0.6) is 5.75 Å². The van der Waals surface area contributed by atoms with Crippen LogP contribution in [0.3, 0.4) is 0 Å². The molecule has 3 unspecified atom stereocenters. The molecule has 202 valence electrons. The van der Waals surface area contributed by atoms with Gasteiger partial charge in [-0.25, -0.2) is 0 Å². The van der Waals surface area contributed by atoms with Gasteiger partial charge in [0.1, 0.15) is 22.8 Å². The largest absolute Gasteiger partial charge is 0.510 e. The fourth-order valence-corrected chi connectivity index (χ4v) is 6.86. The van der Waals surface area contributed by atoms with E-state index in [0.29, 0.717) is 17.7 Å². The van der Waals surface area contributed by atoms with Crippen molar-refractivity contribution >= 4 is 29.0 Å². The molecular weight excluding hydrogens is 490 g/mol. The van der Waals surface area contributed by atoms with Gasteiger partial charge in [-0.3, -0.25) is 29.0 Å². The Labute approximate surface area is 220 Å². The molecule has 2 fully saturated rings. The molecule has 5 N–H and O–H groups in total. The summed E-state index contributed by atoms with van der Waals surface area (Å²) in [5.41, 5.74) is 5.76. The fraction of sp³-hybridized carbons (Fsp3) is 0.500. The van der Waals surface area contributed by atoms with Gasteiger partial charge in [-0.05, 0) is 81.9 Å². The number of hydrogen-bond acceptors (Lipinski definition) is 9. The Kier molecular flexibility index (Phi) is 6.65. The molecule has 0 radical (unpaired) electrons. The molecular formula is C28H33N3O7. The van der Waals surface area contributed by atoms with Gasteiger partial charge in [0.2, 0.25) is 0 Å². The van der Waals surface area contributed by atoms with Gasteiger partial charge < -0.3 is 21.1 Å². The number of aliphatic hydroxyl groups is 2. The van der Waals surface area contributed by atoms with Crippen LogP contribution in [0.4, 0.5) is 0 Å². The lowest BCUT2D eigenvalue weighted by atomic mass is 9.59. The minimum absolute atomic E-state index is 0.00894. The topological polar surface area (TPSA) is 161 Å². The smallest absolute Gasteiger partial charge is 0.255 e. The highest BCUT2D eigenvalue weighted by Crippen LogP contribution is 2.50. The molecule has 1 heterocycles. The summed E-state index contributed by atoms with van der Waals surface area (Å²) in [5, 5.41) is 32.9. The van der Waals surface area contributed by atoms with E-state index in [9.17, 15) is 34.5 Å². The van der Waals surface area contributed by atoms with Gasteiger partial charge in [-0.2, -0.15) is 0 Å². The third-order valence-electron chi connectivity index (χ3n) is 8.73. The number of Topliss-reactive ketones (excluding diaryl/α,β-unsaturated/α-hetero) is 3. The molecule has 10 heteroatoms. The summed E-state index contributed by atoms with van der Waals surface area (Å²) in [7, 11) is 1.73. The van der Waals surface area contributed by atoms with Gasteiger partial charge in [0, 0.05) is 11.1 Å². The van der Waals surface area contributed by atoms with Gasteiger partial charge in [0.15, 0.2) is 17.3 Å². The molecule has 1 amide bonds. The van der Waals surface area contributed by atoms with Gasteiger partial charge in [0.05, 0.1) is 24.1 Å². The second kappa shape index (κ2) is 9.67. The maximum Gasteiger partial charge on any atom is 0.255 e. The van der Waals surface area contributed by atoms with E-state index in [0.717, 1.165) is 25.9 Å². The number of amides is 1. The van der Waals surface area contributed by atoms with Crippen molar-refractivity contribution in [2.75, 3.05) is 33.2 Å². The van der Waals surface area contributed by atoms with Crippen molar-refractivity contribution in [1.29, 1.82) is 0 Å². The molecule has 1 aliphatic heterocycles. The van der Waals surface area contributed by atoms with Crippen LogP contribution in [-0.2, 0) is 20.8 Å². The number of benzene rings is 1. The number of hydrogen-bond donors (Lipinski definition) is 4. The summed E-state index contributed by atoms with van der Waals surface area (Å²) >= 11 is 0. The van der Waals surface area contributed by atoms with Crippen molar-refractivity contribution in [3.63, 3.8) is 0 Å². The van der Waals surface area contributed by atoms with Crippen molar-refractivity contribution in [1.82, 2.24) is 9.80 Å². The number of phenols is 1. The fourth-order valence-electron chi connectivity index (χ4n) is 6.86. The molecule has 10 nitrogen and oxygen atoms in total. The number of primary amides is 1. The predicted molar refractivity (Wildman–Crippen MR) is 137 cm³/mol. The molecule has 3 aliphatic carbocycles. The number of phenolic OH excluding ortho intramolecular Hbond substituents is 1. The molecule has 4 aliphatic rings. The molecule has 1 aromatic rings. The zero-order valence-corrected chi connectivity index (χ0v) is 21.6. The zero-order chi connectivity index (χ0) is 27.5. The maximum atomic E-state index is 13.8. The number of ketones is 3. The van der Waals surface area contributed by atoms with E-state index in [2.05, 4.69) is 4.90 Å². The number of aliphatic hydroxyl groups excluding tert-OH is 2. The lowest BCUT2D eigenvalue weighted by molar-refractivity contribution is -0.137. The quantitative estimate of drug-likeness (QED) is 0.246. The predicted octanol–water partition coefficient (Wildman–Crippen LogP) is 1.52. The number of nitrogens with zero attached hydrogens (tertiary/aromatic N) is 2. The van der Waals surface area contributed by atoms with Gasteiger partial charge in [-0.15, -0.1) is 0 Å². The van der Waals surface area contributed by atoms with Crippen molar-refractivity contribution in [2.45, 2.75) is 38.6 Å². The summed E-state index contributed by atoms with van der Waals surface area (Å²) in [6, 6.07) is 2.11. The number of rotatable bonds is 6. The first-order valence-electron chi connectivity index (χ1n) is 13.1. The molecule has 0 aromatic heterocycles. The standard InChI is InChI=1S/C28H33N3O7/c1-3-30(2)23-16-11-13-10-15-14(18(33)12-31-8-4-5-9-31)6-7-17(32)20(15)24(34)19(13)25(35)21(16)26(36)22(27(23)37)28(29)38/h6-7,13,16,21,23,32,34,37H,3-5,8-12H2,1-2H3,(H2,29,38)/t13?,16?,21?,23-/m0/s1. The number of nitrogens with two attached hydrogens (primary N) is 1. The molecule has 0 bridgehead atoms. The molecule has 5 rings (SSSR count). The van der Waals surface area contributed by atoms with Crippen LogP contribution in [0.2, 0.25) is 0 Å². The Balaban J connectivity index is 1.60. The van der Waals surface area contributed by atoms with Crippen LogP contribution in [0, 0.1) is 17.8 Å². The van der Waals surface area contributed by atoms with E-state index in [4.69, 9.17) is 5.73 Å². The van der Waals surface area contributed by atoms with E-state index in [-0.39, 0.29) is 42.1 Å². The van der Waals surface area contributed by atoms with Crippen molar-refractivity contribution in [2.24, 2.45) is 23.5 Å². The minimum atomic E-state index is -1.30. The van der Waals surface area contributed by atoms with Crippen LogP contribution in [0.25, 0.3) is 5.76 Å². The van der Waals surface area contributed by atoms with Gasteiger partial charge in [0.25, 0.3) is 5.91 Å². The van der Waals surface area contributed by atoms with Crippen LogP contribution < -0.4 is 5.73 Å². The second-order valence-corrected chi connectivity index (χ2v) is 10.8. The first-order valence-corrected chi connectivity index (χ1v) is 13.1. The summed E-state index contributed by atoms with van der Waals surface area (Å²) in [6.45, 7) is 4.23.